The highest BCUT2D eigenvalue weighted by atomic mass is 31.2. The smallest absolute Gasteiger partial charge is 0.330 e. The van der Waals surface area contributed by atoms with Crippen molar-refractivity contribution in [1.82, 2.24) is 61.9 Å². The number of allylic oxidation sites excluding steroid dienone is 1. The van der Waals surface area contributed by atoms with Crippen LogP contribution in [0.15, 0.2) is 124 Å². The fourth-order valence-corrected chi connectivity index (χ4v) is 23.9. The van der Waals surface area contributed by atoms with Gasteiger partial charge in [0, 0.05) is 129 Å². The van der Waals surface area contributed by atoms with Crippen LogP contribution >= 0.6 is 34.1 Å². The summed E-state index contributed by atoms with van der Waals surface area (Å²) in [6, 6.07) is 14.6. The molecule has 790 valence electrons. The van der Waals surface area contributed by atoms with E-state index in [1.54, 1.807) is 30.9 Å². The molecule has 4 aliphatic heterocycles. The maximum atomic E-state index is 12.8. The van der Waals surface area contributed by atoms with Gasteiger partial charge in [-0.15, -0.1) is 0 Å². The zero-order chi connectivity index (χ0) is 106. The first-order chi connectivity index (χ1) is 68.9. The number of benzene rings is 1. The lowest BCUT2D eigenvalue weighted by Crippen LogP contribution is -2.36. The average molecular weight is 2070 g/mol. The number of rotatable bonds is 49. The zero-order valence-electron chi connectivity index (χ0n) is 87.9. The van der Waals surface area contributed by atoms with Crippen LogP contribution in [0.2, 0.25) is 0 Å². The molecule has 4 fully saturated rings. The summed E-state index contributed by atoms with van der Waals surface area (Å²) < 4.78 is 89.7. The lowest BCUT2D eigenvalue weighted by molar-refractivity contribution is -0.0202. The highest BCUT2D eigenvalue weighted by Crippen LogP contribution is 2.55. The topological polar surface area (TPSA) is 373 Å². The highest BCUT2D eigenvalue weighted by Gasteiger charge is 2.46. The Morgan fingerprint density at radius 1 is 0.424 bits per heavy atom. The van der Waals surface area contributed by atoms with Crippen molar-refractivity contribution >= 4 is 40.2 Å². The molecule has 4 saturated heterocycles. The number of unbranched alkanes of at least 4 members (excludes halogenated alkanes) is 4. The van der Waals surface area contributed by atoms with Gasteiger partial charge < -0.3 is 74.5 Å². The third-order valence-electron chi connectivity index (χ3n) is 23.5. The molecule has 6 aromatic rings. The number of nitrogens with zero attached hydrogens (tertiary/aromatic N) is 13. The molecule has 0 radical (unpaired) electrons. The van der Waals surface area contributed by atoms with Crippen molar-refractivity contribution < 1.29 is 55.1 Å². The fraction of sp³-hybridized carbons (Fsp3) is 0.641. The van der Waals surface area contributed by atoms with Crippen molar-refractivity contribution in [3.63, 3.8) is 0 Å². The minimum absolute atomic E-state index is 0.171. The van der Waals surface area contributed by atoms with Crippen LogP contribution in [-0.4, -0.2) is 212 Å². The van der Waals surface area contributed by atoms with Crippen molar-refractivity contribution in [2.75, 3.05) is 52.6 Å². The highest BCUT2D eigenvalue weighted by molar-refractivity contribution is 7.45. The molecule has 8 unspecified atom stereocenters. The second-order valence-electron chi connectivity index (χ2n) is 37.1. The molecule has 16 atom stereocenters. The number of aromatic nitrogens is 9. The molecule has 5 aromatic heterocycles. The first-order valence-electron chi connectivity index (χ1n) is 50.4. The molecule has 0 amide bonds. The summed E-state index contributed by atoms with van der Waals surface area (Å²) in [5.41, 5.74) is -0.773. The van der Waals surface area contributed by atoms with Gasteiger partial charge in [-0.2, -0.15) is 0 Å². The van der Waals surface area contributed by atoms with Gasteiger partial charge in [-0.3, -0.25) is 62.4 Å². The second-order valence-corrected chi connectivity index (χ2v) is 42.8. The van der Waals surface area contributed by atoms with Crippen LogP contribution in [0.5, 0.6) is 0 Å². The Hall–Kier alpha value is -9.01. The van der Waals surface area contributed by atoms with Crippen LogP contribution in [0.25, 0.3) is 25.5 Å². The molecule has 9 heterocycles. The van der Waals surface area contributed by atoms with Crippen LogP contribution in [0.4, 0.5) is 0 Å². The Labute approximate surface area is 854 Å². The summed E-state index contributed by atoms with van der Waals surface area (Å²) in [5, 5.41) is 0. The van der Waals surface area contributed by atoms with Crippen molar-refractivity contribution in [3.8, 4) is 23.7 Å². The number of hydrogen-bond donors (Lipinski definition) is 4. The SMILES string of the molecule is [C-]#[N+]CCOP(OC1C[C@H](n2cc(/C=C/CC)c(=O)[nH]c2=O)O[C@@H]1CC)N(C(C)C)C(C)C.[C-]#[N+]CCOP(OC1C[C@H](n2cc(C#CCCCCCC)c(=O)[nH]c2=O)O[C@@H]1CC)N(C(C)C)C(C)C.[C-]#[N+]CCOP(OC1C[C@H](n2cc(C#Cc3ccccc3)c(=O)[nH]c2=O)O[C@@H]1CC)N(C(C)C)C(C)C.[C-]#[N+]CCOP(OC1C[C@H](n2cc(CCc3cccnc3)c(=O)[nH]c2=O)O[C@@H]1CC)N(C(C)C)C(C)C. The second kappa shape index (κ2) is 63.6. The minimum atomic E-state index is -1.45. The lowest BCUT2D eigenvalue weighted by atomic mass is 10.1. The van der Waals surface area contributed by atoms with Crippen LogP contribution in [0.1, 0.15) is 301 Å². The van der Waals surface area contributed by atoms with E-state index in [1.165, 1.54) is 37.1 Å². The molecule has 0 aliphatic carbocycles. The Kier molecular flexibility index (Phi) is 53.9. The standard InChI is InChI=1S/C27H35N4O5P.C27H43N4O5P.C26H38N5O5P.C23H37N4O5P/c1-7-23-24(36-37(34-16-15-28-6)31(19(2)3)20(4)5)17-25(35-23)30-18-22(26(32)29-27(30)33)14-13-21-11-9-8-10-12-21;1-8-10-11-12-13-14-15-22-19-30(27(33)29-26(22)32)25-18-24(23(9-2)35-25)36-37(34-17-16-28-7)31(20(3)4)21(5)6;1-7-22-23(36-37(34-14-13-27-6)31(18(2)3)19(4)5)15-24(35-22)30-17-21(25(32)29-26(30)33)11-10-20-9-8-12-28-16-20;1-8-10-11-18-15-26(23(29)25-22(18)28)21-14-20(19(9-2)31-21)32-33(30-13-12-24-7)27(16(3)4)17(5)6/h8-12,18-20,23-25H,7,15-17H2,1-5H3,(H,29,32,33);19-21,23-25H,8-13,16-18H2,1-6H3,(H,29,32,33);8-9,12,16-19,22-24H,7,10-11,13-15H2,1-5H3,(H,29,32,33);10-11,15-17,19-21H,8-9,12-14H2,1-6H3,(H,25,28,29)/b;;;11-10+/t2*23-,24?,25-,37?;22-,23?,24-,37?;19-,20?,21-,33?/m1111/s1. The summed E-state index contributed by atoms with van der Waals surface area (Å²) in [7, 11) is -5.75. The molecule has 144 heavy (non-hydrogen) atoms. The van der Waals surface area contributed by atoms with E-state index in [4.69, 9.17) is 81.4 Å². The molecule has 1 aromatic carbocycles. The first-order valence-corrected chi connectivity index (χ1v) is 55.0. The van der Waals surface area contributed by atoms with Crippen LogP contribution < -0.4 is 45.0 Å². The molecular weight excluding hydrogens is 1920 g/mol. The van der Waals surface area contributed by atoms with Gasteiger partial charge in [-0.25, -0.2) is 64.1 Å². The van der Waals surface area contributed by atoms with Crippen LogP contribution in [0.3, 0.4) is 0 Å². The summed E-state index contributed by atoms with van der Waals surface area (Å²) in [5.74, 6) is 11.8. The first kappa shape index (κ1) is 122. The van der Waals surface area contributed by atoms with Gasteiger partial charge in [0.1, 0.15) is 62.5 Å². The molecule has 4 aliphatic rings. The summed E-state index contributed by atoms with van der Waals surface area (Å²) in [6.45, 7) is 76.1. The predicted octanol–water partition coefficient (Wildman–Crippen LogP) is 17.9. The summed E-state index contributed by atoms with van der Waals surface area (Å²) >= 11 is 0. The van der Waals surface area contributed by atoms with E-state index in [0.29, 0.717) is 102 Å². The molecule has 10 rings (SSSR count). The zero-order valence-corrected chi connectivity index (χ0v) is 91.5. The van der Waals surface area contributed by atoms with Crippen molar-refractivity contribution in [1.29, 1.82) is 0 Å². The Morgan fingerprint density at radius 2 is 0.771 bits per heavy atom. The molecule has 0 spiro atoms. The van der Waals surface area contributed by atoms with Gasteiger partial charge in [0.05, 0.1) is 54.4 Å². The number of aryl methyl sites for hydroxylation is 2. The molecule has 41 heteroatoms. The maximum Gasteiger partial charge on any atom is 0.330 e. The monoisotopic (exact) mass is 2070 g/mol. The predicted molar refractivity (Wildman–Crippen MR) is 565 cm³/mol. The number of nitrogens with one attached hydrogen (secondary N) is 4. The normalized spacial score (nSPS) is 20.7. The number of pyridine rings is 1. The van der Waals surface area contributed by atoms with Crippen molar-refractivity contribution in [2.45, 2.75) is 377 Å². The molecule has 37 nitrogen and oxygen atoms in total. The number of H-pyrrole nitrogens is 4. The Morgan fingerprint density at radius 3 is 1.10 bits per heavy atom. The van der Waals surface area contributed by atoms with E-state index in [9.17, 15) is 38.4 Å². The van der Waals surface area contributed by atoms with E-state index in [0.717, 1.165) is 36.8 Å². The maximum absolute atomic E-state index is 12.8. The van der Waals surface area contributed by atoms with E-state index in [1.807, 2.05) is 83.2 Å². The van der Waals surface area contributed by atoms with Crippen LogP contribution in [0, 0.1) is 50.0 Å². The van der Waals surface area contributed by atoms with Gasteiger partial charge in [0.15, 0.2) is 0 Å². The van der Waals surface area contributed by atoms with Gasteiger partial charge >= 0.3 is 22.8 Å². The molecular formula is C103H153N17O20P4. The molecule has 4 N–H and O–H groups in total. The summed E-state index contributed by atoms with van der Waals surface area (Å²) in [4.78, 5) is 127. The average Bonchev–Trinajstić information content (AvgIpc) is 1.66. The number of aromatic amines is 4. The van der Waals surface area contributed by atoms with Gasteiger partial charge in [-0.05, 0) is 186 Å². The Balaban J connectivity index is 0.000000261. The quantitative estimate of drug-likeness (QED) is 0.0119. The van der Waals surface area contributed by atoms with Gasteiger partial charge in [0.2, 0.25) is 26.2 Å². The van der Waals surface area contributed by atoms with Gasteiger partial charge in [-0.1, -0.05) is 121 Å². The lowest BCUT2D eigenvalue weighted by Gasteiger charge is -2.37. The molecule has 0 bridgehead atoms. The summed E-state index contributed by atoms with van der Waals surface area (Å²) in [6.07, 6.45) is 20.2. The van der Waals surface area contributed by atoms with E-state index in [-0.39, 0.29) is 147 Å². The van der Waals surface area contributed by atoms with E-state index >= 15 is 0 Å². The van der Waals surface area contributed by atoms with E-state index in [2.05, 4.69) is 204 Å². The molecule has 0 saturated carbocycles. The largest absolute Gasteiger partial charge is 0.352 e. The Bertz CT molecular complexity index is 5730. The van der Waals surface area contributed by atoms with E-state index < -0.39 is 98.5 Å². The van der Waals surface area contributed by atoms with Crippen LogP contribution in [-0.2, 0) is 68.0 Å². The van der Waals surface area contributed by atoms with Crippen molar-refractivity contribution in [2.24, 2.45) is 0 Å². The fourth-order valence-electron chi connectivity index (χ4n) is 16.9. The number of ether oxygens (including phenoxy) is 4. The third-order valence-corrected chi connectivity index (χ3v) is 32.1. The minimum Gasteiger partial charge on any atom is -0.352 e. The van der Waals surface area contributed by atoms with Gasteiger partial charge in [0.25, 0.3) is 56.3 Å². The third kappa shape index (κ3) is 37.4. The van der Waals surface area contributed by atoms with Crippen molar-refractivity contribution in [3.05, 3.63) is 248 Å². The number of hydrogen-bond acceptors (Lipinski definition) is 25.